The second-order valence-electron chi connectivity index (χ2n) is 5.32. The van der Waals surface area contributed by atoms with Gasteiger partial charge in [0.25, 0.3) is 0 Å². The van der Waals surface area contributed by atoms with Crippen LogP contribution in [0.5, 0.6) is 0 Å². The number of halogens is 2. The van der Waals surface area contributed by atoms with Crippen LogP contribution in [-0.2, 0) is 6.42 Å². The maximum absolute atomic E-state index is 13.8. The predicted octanol–water partition coefficient (Wildman–Crippen LogP) is 4.56. The summed E-state index contributed by atoms with van der Waals surface area (Å²) in [4.78, 5) is 0. The molecule has 0 radical (unpaired) electrons. The van der Waals surface area contributed by atoms with Gasteiger partial charge in [-0.1, -0.05) is 42.8 Å². The predicted molar refractivity (Wildman–Crippen MR) is 82.3 cm³/mol. The van der Waals surface area contributed by atoms with Crippen molar-refractivity contribution in [1.82, 2.24) is 5.32 Å². The molecule has 112 valence electrons. The van der Waals surface area contributed by atoms with E-state index in [-0.39, 0.29) is 11.6 Å². The fourth-order valence-corrected chi connectivity index (χ4v) is 2.36. The minimum absolute atomic E-state index is 0.0862. The molecule has 3 heteroatoms. The maximum Gasteiger partial charge on any atom is 0.129 e. The Kier molecular flexibility index (Phi) is 5.45. The van der Waals surface area contributed by atoms with Gasteiger partial charge in [-0.05, 0) is 44.0 Å². The van der Waals surface area contributed by atoms with Gasteiger partial charge in [0.2, 0.25) is 0 Å². The van der Waals surface area contributed by atoms with E-state index < -0.39 is 11.6 Å². The van der Waals surface area contributed by atoms with Crippen molar-refractivity contribution in [3.8, 4) is 0 Å². The summed E-state index contributed by atoms with van der Waals surface area (Å²) >= 11 is 0. The fourth-order valence-electron chi connectivity index (χ4n) is 2.36. The first-order valence-electron chi connectivity index (χ1n) is 7.34. The zero-order valence-corrected chi connectivity index (χ0v) is 12.5. The summed E-state index contributed by atoms with van der Waals surface area (Å²) in [5.74, 6) is -0.962. The minimum atomic E-state index is -0.481. The van der Waals surface area contributed by atoms with Crippen molar-refractivity contribution in [2.45, 2.75) is 32.7 Å². The van der Waals surface area contributed by atoms with Gasteiger partial charge in [0.05, 0.1) is 0 Å². The molecule has 2 rings (SSSR count). The number of rotatable bonds is 6. The van der Waals surface area contributed by atoms with Gasteiger partial charge in [0.1, 0.15) is 11.6 Å². The molecule has 0 fully saturated rings. The minimum Gasteiger partial charge on any atom is -0.310 e. The van der Waals surface area contributed by atoms with Gasteiger partial charge in [-0.2, -0.15) is 0 Å². The van der Waals surface area contributed by atoms with E-state index in [4.69, 9.17) is 0 Å². The summed E-state index contributed by atoms with van der Waals surface area (Å²) in [6.45, 7) is 4.91. The summed E-state index contributed by atoms with van der Waals surface area (Å²) in [5, 5.41) is 3.37. The smallest absolute Gasteiger partial charge is 0.129 e. The highest BCUT2D eigenvalue weighted by molar-refractivity contribution is 5.28. The highest BCUT2D eigenvalue weighted by Crippen LogP contribution is 2.22. The molecular weight excluding hydrogens is 268 g/mol. The largest absolute Gasteiger partial charge is 0.310 e. The standard InChI is InChI=1S/C18H21F2N/c1-3-11-21-18(14-9-7-13(2)8-10-14)12-15-16(19)5-4-6-17(15)20/h4-10,18,21H,3,11-12H2,1-2H3. The molecule has 2 aromatic rings. The van der Waals surface area contributed by atoms with Crippen LogP contribution in [-0.4, -0.2) is 6.54 Å². The number of nitrogens with one attached hydrogen (secondary N) is 1. The Balaban J connectivity index is 2.26. The lowest BCUT2D eigenvalue weighted by Crippen LogP contribution is -2.24. The molecule has 0 aliphatic rings. The lowest BCUT2D eigenvalue weighted by atomic mass is 9.97. The molecule has 0 aliphatic heterocycles. The lowest BCUT2D eigenvalue weighted by Gasteiger charge is -2.20. The van der Waals surface area contributed by atoms with Crippen molar-refractivity contribution in [2.75, 3.05) is 6.54 Å². The normalized spacial score (nSPS) is 12.4. The zero-order chi connectivity index (χ0) is 15.2. The van der Waals surface area contributed by atoms with Crippen LogP contribution in [0.1, 0.15) is 36.1 Å². The van der Waals surface area contributed by atoms with E-state index in [0.717, 1.165) is 18.5 Å². The first kappa shape index (κ1) is 15.6. The first-order chi connectivity index (χ1) is 10.1. The highest BCUT2D eigenvalue weighted by atomic mass is 19.1. The summed E-state index contributed by atoms with van der Waals surface area (Å²) in [5.41, 5.74) is 2.37. The van der Waals surface area contributed by atoms with Crippen molar-refractivity contribution >= 4 is 0 Å². The molecule has 0 saturated heterocycles. The van der Waals surface area contributed by atoms with E-state index >= 15 is 0 Å². The van der Waals surface area contributed by atoms with Crippen molar-refractivity contribution in [3.63, 3.8) is 0 Å². The molecule has 1 atom stereocenters. The van der Waals surface area contributed by atoms with Crippen LogP contribution >= 0.6 is 0 Å². The van der Waals surface area contributed by atoms with Gasteiger partial charge >= 0.3 is 0 Å². The molecule has 1 unspecified atom stereocenters. The van der Waals surface area contributed by atoms with Crippen LogP contribution in [0.15, 0.2) is 42.5 Å². The number of benzene rings is 2. The second-order valence-corrected chi connectivity index (χ2v) is 5.32. The third-order valence-corrected chi connectivity index (χ3v) is 3.59. The molecule has 2 aromatic carbocycles. The molecule has 21 heavy (non-hydrogen) atoms. The fraction of sp³-hybridized carbons (Fsp3) is 0.333. The zero-order valence-electron chi connectivity index (χ0n) is 12.5. The monoisotopic (exact) mass is 289 g/mol. The van der Waals surface area contributed by atoms with E-state index in [1.54, 1.807) is 0 Å². The quantitative estimate of drug-likeness (QED) is 0.822. The van der Waals surface area contributed by atoms with Gasteiger partial charge in [-0.15, -0.1) is 0 Å². The van der Waals surface area contributed by atoms with Gasteiger partial charge in [0.15, 0.2) is 0 Å². The Morgan fingerprint density at radius 1 is 1.00 bits per heavy atom. The Bertz CT molecular complexity index is 558. The Morgan fingerprint density at radius 3 is 2.19 bits per heavy atom. The van der Waals surface area contributed by atoms with E-state index in [1.807, 2.05) is 31.2 Å². The van der Waals surface area contributed by atoms with Crippen molar-refractivity contribution in [1.29, 1.82) is 0 Å². The number of hydrogen-bond donors (Lipinski definition) is 1. The maximum atomic E-state index is 13.8. The van der Waals surface area contributed by atoms with Crippen LogP contribution in [0.2, 0.25) is 0 Å². The molecule has 1 N–H and O–H groups in total. The Morgan fingerprint density at radius 2 is 1.62 bits per heavy atom. The molecule has 0 spiro atoms. The average molecular weight is 289 g/mol. The number of hydrogen-bond acceptors (Lipinski definition) is 1. The summed E-state index contributed by atoms with van der Waals surface area (Å²) in [6, 6.07) is 12.0. The Hall–Kier alpha value is -1.74. The molecule has 0 heterocycles. The molecule has 0 bridgehead atoms. The molecule has 0 aromatic heterocycles. The molecule has 0 amide bonds. The van der Waals surface area contributed by atoms with E-state index in [9.17, 15) is 8.78 Å². The highest BCUT2D eigenvalue weighted by Gasteiger charge is 2.16. The van der Waals surface area contributed by atoms with Gasteiger partial charge in [-0.3, -0.25) is 0 Å². The summed E-state index contributed by atoms with van der Waals surface area (Å²) < 4.78 is 27.7. The van der Waals surface area contributed by atoms with Crippen LogP contribution in [0, 0.1) is 18.6 Å². The molecule has 0 saturated carbocycles. The van der Waals surface area contributed by atoms with Crippen LogP contribution in [0.25, 0.3) is 0 Å². The van der Waals surface area contributed by atoms with Crippen molar-refractivity contribution in [2.24, 2.45) is 0 Å². The third-order valence-electron chi connectivity index (χ3n) is 3.59. The molecular formula is C18H21F2N. The molecule has 1 nitrogen and oxygen atoms in total. The van der Waals surface area contributed by atoms with E-state index in [0.29, 0.717) is 6.42 Å². The van der Waals surface area contributed by atoms with E-state index in [1.165, 1.54) is 23.8 Å². The third kappa shape index (κ3) is 4.11. The first-order valence-corrected chi connectivity index (χ1v) is 7.34. The van der Waals surface area contributed by atoms with Gasteiger partial charge < -0.3 is 5.32 Å². The van der Waals surface area contributed by atoms with Crippen molar-refractivity contribution < 1.29 is 8.78 Å². The van der Waals surface area contributed by atoms with Crippen LogP contribution < -0.4 is 5.32 Å². The van der Waals surface area contributed by atoms with Gasteiger partial charge in [0, 0.05) is 11.6 Å². The molecule has 0 aliphatic carbocycles. The SMILES string of the molecule is CCCNC(Cc1c(F)cccc1F)c1ccc(C)cc1. The van der Waals surface area contributed by atoms with Crippen molar-refractivity contribution in [3.05, 3.63) is 70.8 Å². The second kappa shape index (κ2) is 7.32. The van der Waals surface area contributed by atoms with Gasteiger partial charge in [-0.25, -0.2) is 8.78 Å². The van der Waals surface area contributed by atoms with Crippen LogP contribution in [0.4, 0.5) is 8.78 Å². The van der Waals surface area contributed by atoms with E-state index in [2.05, 4.69) is 12.2 Å². The number of aryl methyl sites for hydroxylation is 1. The topological polar surface area (TPSA) is 12.0 Å². The summed E-state index contributed by atoms with van der Waals surface area (Å²) in [6.07, 6.45) is 1.28. The van der Waals surface area contributed by atoms with Crippen LogP contribution in [0.3, 0.4) is 0 Å². The Labute approximate surface area is 125 Å². The average Bonchev–Trinajstić information content (AvgIpc) is 2.47. The lowest BCUT2D eigenvalue weighted by molar-refractivity contribution is 0.490. The summed E-state index contributed by atoms with van der Waals surface area (Å²) in [7, 11) is 0.